The molecule has 4 nitrogen and oxygen atoms in total. The second kappa shape index (κ2) is 5.92. The molecule has 5 rings (SSSR count). The summed E-state index contributed by atoms with van der Waals surface area (Å²) in [7, 11) is 0. The van der Waals surface area contributed by atoms with Crippen LogP contribution in [-0.2, 0) is 11.3 Å². The summed E-state index contributed by atoms with van der Waals surface area (Å²) in [6.45, 7) is 0.791. The number of hydrogen-bond donors (Lipinski definition) is 1. The van der Waals surface area contributed by atoms with Gasteiger partial charge in [-0.3, -0.25) is 4.79 Å². The van der Waals surface area contributed by atoms with E-state index in [2.05, 4.69) is 46.4 Å². The molecule has 1 amide bonds. The van der Waals surface area contributed by atoms with E-state index in [0.717, 1.165) is 34.5 Å². The number of carbonyl (C=O) groups is 1. The van der Waals surface area contributed by atoms with Crippen LogP contribution in [0.3, 0.4) is 0 Å². The maximum Gasteiger partial charge on any atom is 0.225 e. The van der Waals surface area contributed by atoms with Gasteiger partial charge in [-0.1, -0.05) is 36.4 Å². The number of anilines is 1. The molecule has 0 spiro atoms. The first-order valence-electron chi connectivity index (χ1n) is 8.78. The molecule has 128 valence electrons. The third-order valence-corrected chi connectivity index (χ3v) is 5.06. The largest absolute Gasteiger partial charge is 0.469 e. The van der Waals surface area contributed by atoms with Crippen LogP contribution in [0.15, 0.2) is 77.5 Å². The summed E-state index contributed by atoms with van der Waals surface area (Å²) in [5.41, 5.74) is 4.39. The van der Waals surface area contributed by atoms with E-state index in [9.17, 15) is 4.79 Å². The van der Waals surface area contributed by atoms with E-state index >= 15 is 0 Å². The second-order valence-electron chi connectivity index (χ2n) is 6.72. The average Bonchev–Trinajstić information content (AvgIpc) is 3.27. The highest BCUT2D eigenvalue weighted by Gasteiger charge is 2.29. The van der Waals surface area contributed by atoms with E-state index in [1.54, 1.807) is 6.26 Å². The first-order valence-corrected chi connectivity index (χ1v) is 8.78. The lowest BCUT2D eigenvalue weighted by Gasteiger charge is -2.11. The van der Waals surface area contributed by atoms with Crippen LogP contribution in [0.2, 0.25) is 0 Å². The molecule has 0 saturated carbocycles. The molecule has 0 aliphatic carbocycles. The summed E-state index contributed by atoms with van der Waals surface area (Å²) in [4.78, 5) is 12.4. The summed E-state index contributed by atoms with van der Waals surface area (Å²) in [5, 5.41) is 4.17. The molecule has 0 unspecified atom stereocenters. The van der Waals surface area contributed by atoms with Crippen molar-refractivity contribution in [1.29, 1.82) is 0 Å². The monoisotopic (exact) mass is 342 g/mol. The predicted molar refractivity (Wildman–Crippen MR) is 101 cm³/mol. The maximum absolute atomic E-state index is 12.4. The zero-order chi connectivity index (χ0) is 17.5. The van der Waals surface area contributed by atoms with Crippen molar-refractivity contribution in [2.24, 2.45) is 0 Å². The van der Waals surface area contributed by atoms with Crippen molar-refractivity contribution < 1.29 is 9.21 Å². The van der Waals surface area contributed by atoms with Crippen LogP contribution in [0.4, 0.5) is 5.69 Å². The van der Waals surface area contributed by atoms with Crippen molar-refractivity contribution in [2.75, 3.05) is 5.32 Å². The van der Waals surface area contributed by atoms with Crippen molar-refractivity contribution in [1.82, 2.24) is 4.57 Å². The van der Waals surface area contributed by atoms with Crippen molar-refractivity contribution in [2.45, 2.75) is 18.9 Å². The van der Waals surface area contributed by atoms with Gasteiger partial charge in [-0.25, -0.2) is 0 Å². The third-order valence-electron chi connectivity index (χ3n) is 5.06. The van der Waals surface area contributed by atoms with Crippen molar-refractivity contribution in [3.63, 3.8) is 0 Å². The highest BCUT2D eigenvalue weighted by atomic mass is 16.3. The van der Waals surface area contributed by atoms with Crippen LogP contribution in [-0.4, -0.2) is 10.5 Å². The van der Waals surface area contributed by atoms with Gasteiger partial charge < -0.3 is 14.3 Å². The minimum Gasteiger partial charge on any atom is -0.469 e. The molecule has 1 N–H and O–H groups in total. The molecule has 1 aliphatic rings. The summed E-state index contributed by atoms with van der Waals surface area (Å²) >= 11 is 0. The molecule has 2 aromatic heterocycles. The number of aromatic nitrogens is 1. The minimum absolute atomic E-state index is 0.0182. The third kappa shape index (κ3) is 2.42. The minimum atomic E-state index is -0.0758. The Bertz CT molecular complexity index is 1080. The summed E-state index contributed by atoms with van der Waals surface area (Å²) in [5.74, 6) is 0.772. The molecule has 2 aromatic carbocycles. The molecule has 0 saturated heterocycles. The van der Waals surface area contributed by atoms with Gasteiger partial charge in [0.25, 0.3) is 0 Å². The van der Waals surface area contributed by atoms with Crippen molar-refractivity contribution >= 4 is 22.5 Å². The number of hydrogen-bond acceptors (Lipinski definition) is 2. The highest BCUT2D eigenvalue weighted by Crippen LogP contribution is 2.41. The second-order valence-corrected chi connectivity index (χ2v) is 6.72. The SMILES string of the molecule is O=C1C[C@H](c2ccco2)c2cn(Cc3ccccc3)c3cccc(c23)N1. The maximum atomic E-state index is 12.4. The molecule has 0 bridgehead atoms. The van der Waals surface area contributed by atoms with E-state index in [-0.39, 0.29) is 11.8 Å². The molecule has 1 aliphatic heterocycles. The Morgan fingerprint density at radius 1 is 1.04 bits per heavy atom. The zero-order valence-corrected chi connectivity index (χ0v) is 14.2. The molecule has 26 heavy (non-hydrogen) atoms. The van der Waals surface area contributed by atoms with Gasteiger partial charge in [-0.15, -0.1) is 0 Å². The van der Waals surface area contributed by atoms with Crippen LogP contribution >= 0.6 is 0 Å². The number of nitrogens with zero attached hydrogens (tertiary/aromatic N) is 1. The van der Waals surface area contributed by atoms with Gasteiger partial charge in [0, 0.05) is 24.5 Å². The standard InChI is InChI=1S/C22H18N2O2/c25-21-12-16(20-10-5-11-26-20)17-14-24(13-15-6-2-1-3-7-15)19-9-4-8-18(23-21)22(17)19/h1-11,14,16H,12-13H2,(H,23,25)/t16-/m0/s1. The molecule has 1 atom stereocenters. The normalized spacial score (nSPS) is 16.5. The van der Waals surface area contributed by atoms with Gasteiger partial charge in [0.15, 0.2) is 0 Å². The number of amides is 1. The van der Waals surface area contributed by atoms with Crippen LogP contribution in [0, 0.1) is 0 Å². The van der Waals surface area contributed by atoms with Gasteiger partial charge in [0.05, 0.1) is 23.4 Å². The summed E-state index contributed by atoms with van der Waals surface area (Å²) in [6, 6.07) is 20.3. The zero-order valence-electron chi connectivity index (χ0n) is 14.2. The Morgan fingerprint density at radius 3 is 2.73 bits per heavy atom. The molecule has 0 fully saturated rings. The fourth-order valence-corrected chi connectivity index (χ4v) is 3.90. The number of furan rings is 1. The molecule has 4 aromatic rings. The van der Waals surface area contributed by atoms with E-state index < -0.39 is 0 Å². The van der Waals surface area contributed by atoms with Gasteiger partial charge in [0.2, 0.25) is 5.91 Å². The lowest BCUT2D eigenvalue weighted by Crippen LogP contribution is -2.13. The molecule has 4 heteroatoms. The Balaban J connectivity index is 1.71. The van der Waals surface area contributed by atoms with Crippen LogP contribution in [0.25, 0.3) is 10.9 Å². The highest BCUT2D eigenvalue weighted by molar-refractivity contribution is 6.05. The van der Waals surface area contributed by atoms with Gasteiger partial charge in [-0.05, 0) is 35.4 Å². The fraction of sp³-hybridized carbons (Fsp3) is 0.136. The first kappa shape index (κ1) is 15.0. The molecule has 0 radical (unpaired) electrons. The number of benzene rings is 2. The van der Waals surface area contributed by atoms with Gasteiger partial charge >= 0.3 is 0 Å². The fourth-order valence-electron chi connectivity index (χ4n) is 3.90. The number of carbonyl (C=O) groups excluding carboxylic acids is 1. The topological polar surface area (TPSA) is 47.2 Å². The Morgan fingerprint density at radius 2 is 1.92 bits per heavy atom. The smallest absolute Gasteiger partial charge is 0.225 e. The summed E-state index contributed by atoms with van der Waals surface area (Å²) < 4.78 is 7.92. The molecule has 3 heterocycles. The Labute approximate surface area is 151 Å². The Kier molecular flexibility index (Phi) is 3.42. The van der Waals surface area contributed by atoms with E-state index in [4.69, 9.17) is 4.42 Å². The average molecular weight is 342 g/mol. The van der Waals surface area contributed by atoms with Crippen molar-refractivity contribution in [3.8, 4) is 0 Å². The first-order chi connectivity index (χ1) is 12.8. The number of nitrogens with one attached hydrogen (secondary N) is 1. The number of rotatable bonds is 3. The molecular weight excluding hydrogens is 324 g/mol. The summed E-state index contributed by atoms with van der Waals surface area (Å²) in [6.07, 6.45) is 4.23. The van der Waals surface area contributed by atoms with Crippen LogP contribution < -0.4 is 5.32 Å². The van der Waals surface area contributed by atoms with E-state index in [1.807, 2.05) is 30.3 Å². The lowest BCUT2D eigenvalue weighted by atomic mass is 9.93. The van der Waals surface area contributed by atoms with Crippen LogP contribution in [0.1, 0.15) is 29.2 Å². The van der Waals surface area contributed by atoms with Crippen molar-refractivity contribution in [3.05, 3.63) is 90.0 Å². The van der Waals surface area contributed by atoms with Gasteiger partial charge in [0.1, 0.15) is 5.76 Å². The van der Waals surface area contributed by atoms with Crippen LogP contribution in [0.5, 0.6) is 0 Å². The van der Waals surface area contributed by atoms with Gasteiger partial charge in [-0.2, -0.15) is 0 Å². The Hall–Kier alpha value is -3.27. The van der Waals surface area contributed by atoms with E-state index in [1.165, 1.54) is 5.56 Å². The quantitative estimate of drug-likeness (QED) is 0.584. The molecular formula is C22H18N2O2. The van der Waals surface area contributed by atoms with E-state index in [0.29, 0.717) is 6.42 Å². The predicted octanol–water partition coefficient (Wildman–Crippen LogP) is 4.76. The lowest BCUT2D eigenvalue weighted by molar-refractivity contribution is -0.116.